The molecule has 2 rings (SSSR count). The summed E-state index contributed by atoms with van der Waals surface area (Å²) in [5, 5.41) is 13.8. The lowest BCUT2D eigenvalue weighted by atomic mass is 10.0. The molecule has 0 aliphatic rings. The number of thiophene rings is 1. The maximum Gasteiger partial charge on any atom is 0.342 e. The standard InChI is InChI=1S/C18H15Cl2NO5S/c1-9(2)26-18(25)16-12(11-4-3-10(19)7-13(11)20)8-27-17(16)21-14(22)5-6-15(23)24/h3-9H,1-2H3,(H,21,22)(H,23,24)/b6-5+. The second-order valence-corrected chi connectivity index (χ2v) is 7.32. The molecule has 1 amide bonds. The Balaban J connectivity index is 2.48. The minimum Gasteiger partial charge on any atom is -0.478 e. The molecular weight excluding hydrogens is 413 g/mol. The van der Waals surface area contributed by atoms with Gasteiger partial charge in [0.05, 0.1) is 6.10 Å². The van der Waals surface area contributed by atoms with Crippen LogP contribution in [-0.4, -0.2) is 29.1 Å². The molecule has 9 heteroatoms. The van der Waals surface area contributed by atoms with Gasteiger partial charge in [-0.05, 0) is 26.0 Å². The number of hydrogen-bond donors (Lipinski definition) is 2. The summed E-state index contributed by atoms with van der Waals surface area (Å²) < 4.78 is 5.28. The van der Waals surface area contributed by atoms with Crippen LogP contribution in [0, 0.1) is 0 Å². The van der Waals surface area contributed by atoms with E-state index >= 15 is 0 Å². The number of hydrogen-bond acceptors (Lipinski definition) is 5. The molecule has 1 heterocycles. The maximum absolute atomic E-state index is 12.6. The molecule has 0 spiro atoms. The van der Waals surface area contributed by atoms with Crippen molar-refractivity contribution < 1.29 is 24.2 Å². The second-order valence-electron chi connectivity index (χ2n) is 5.59. The first-order valence-corrected chi connectivity index (χ1v) is 9.32. The number of carbonyl (C=O) groups is 3. The summed E-state index contributed by atoms with van der Waals surface area (Å²) in [6, 6.07) is 4.84. The second kappa shape index (κ2) is 9.03. The zero-order valence-electron chi connectivity index (χ0n) is 14.3. The summed E-state index contributed by atoms with van der Waals surface area (Å²) in [5.74, 6) is -2.58. The van der Waals surface area contributed by atoms with Crippen molar-refractivity contribution in [2.24, 2.45) is 0 Å². The number of nitrogens with one attached hydrogen (secondary N) is 1. The van der Waals surface area contributed by atoms with E-state index in [1.54, 1.807) is 37.4 Å². The summed E-state index contributed by atoms with van der Waals surface area (Å²) >= 11 is 13.3. The molecule has 0 aliphatic heterocycles. The summed E-state index contributed by atoms with van der Waals surface area (Å²) in [5.41, 5.74) is 1.16. The number of aliphatic carboxylic acids is 1. The molecule has 0 fully saturated rings. The fourth-order valence-corrected chi connectivity index (χ4v) is 3.59. The Labute approximate surface area is 169 Å². The van der Waals surface area contributed by atoms with Crippen LogP contribution in [0.3, 0.4) is 0 Å². The van der Waals surface area contributed by atoms with Crippen LogP contribution in [-0.2, 0) is 14.3 Å². The SMILES string of the molecule is CC(C)OC(=O)c1c(-c2ccc(Cl)cc2Cl)csc1NC(=O)/C=C/C(=O)O. The van der Waals surface area contributed by atoms with Gasteiger partial charge in [-0.15, -0.1) is 11.3 Å². The fraction of sp³-hybridized carbons (Fsp3) is 0.167. The van der Waals surface area contributed by atoms with Crippen molar-refractivity contribution >= 4 is 57.4 Å². The Bertz CT molecular complexity index is 920. The van der Waals surface area contributed by atoms with Gasteiger partial charge in [-0.25, -0.2) is 9.59 Å². The summed E-state index contributed by atoms with van der Waals surface area (Å²) in [4.78, 5) is 35.1. The number of esters is 1. The molecule has 6 nitrogen and oxygen atoms in total. The van der Waals surface area contributed by atoms with Gasteiger partial charge in [-0.1, -0.05) is 29.3 Å². The number of rotatable bonds is 6. The van der Waals surface area contributed by atoms with Gasteiger partial charge < -0.3 is 15.2 Å². The molecule has 2 aromatic rings. The molecule has 0 bridgehead atoms. The van der Waals surface area contributed by atoms with E-state index in [2.05, 4.69) is 5.32 Å². The smallest absolute Gasteiger partial charge is 0.342 e. The fourth-order valence-electron chi connectivity index (χ4n) is 2.13. The van der Waals surface area contributed by atoms with E-state index in [0.717, 1.165) is 17.4 Å². The molecule has 27 heavy (non-hydrogen) atoms. The maximum atomic E-state index is 12.6. The summed E-state index contributed by atoms with van der Waals surface area (Å²) in [6.45, 7) is 3.40. The van der Waals surface area contributed by atoms with Gasteiger partial charge >= 0.3 is 11.9 Å². The molecule has 1 aromatic heterocycles. The highest BCUT2D eigenvalue weighted by Gasteiger charge is 2.24. The van der Waals surface area contributed by atoms with Crippen molar-refractivity contribution in [3.63, 3.8) is 0 Å². The van der Waals surface area contributed by atoms with Crippen LogP contribution in [0.5, 0.6) is 0 Å². The van der Waals surface area contributed by atoms with Gasteiger partial charge in [0.2, 0.25) is 5.91 Å². The molecule has 0 atom stereocenters. The van der Waals surface area contributed by atoms with Gasteiger partial charge in [-0.2, -0.15) is 0 Å². The summed E-state index contributed by atoms with van der Waals surface area (Å²) in [6.07, 6.45) is 1.18. The van der Waals surface area contributed by atoms with Gasteiger partial charge in [0.25, 0.3) is 0 Å². The number of carbonyl (C=O) groups excluding carboxylic acids is 2. The van der Waals surface area contributed by atoms with Crippen LogP contribution in [0.25, 0.3) is 11.1 Å². The Morgan fingerprint density at radius 1 is 1.19 bits per heavy atom. The highest BCUT2D eigenvalue weighted by Crippen LogP contribution is 2.40. The quantitative estimate of drug-likeness (QED) is 0.506. The van der Waals surface area contributed by atoms with E-state index in [-0.39, 0.29) is 16.7 Å². The monoisotopic (exact) mass is 427 g/mol. The Morgan fingerprint density at radius 2 is 1.89 bits per heavy atom. The number of amides is 1. The topological polar surface area (TPSA) is 92.7 Å². The van der Waals surface area contributed by atoms with Crippen LogP contribution in [0.2, 0.25) is 10.0 Å². The van der Waals surface area contributed by atoms with E-state index in [1.165, 1.54) is 0 Å². The largest absolute Gasteiger partial charge is 0.478 e. The minimum absolute atomic E-state index is 0.134. The average molecular weight is 428 g/mol. The first-order chi connectivity index (χ1) is 12.7. The molecule has 0 radical (unpaired) electrons. The van der Waals surface area contributed by atoms with Crippen molar-refractivity contribution in [1.29, 1.82) is 0 Å². The lowest BCUT2D eigenvalue weighted by Gasteiger charge is -2.12. The van der Waals surface area contributed by atoms with Crippen LogP contribution in [0.1, 0.15) is 24.2 Å². The molecule has 142 valence electrons. The number of carboxylic acids is 1. The van der Waals surface area contributed by atoms with Crippen LogP contribution in [0.4, 0.5) is 5.00 Å². The lowest BCUT2D eigenvalue weighted by molar-refractivity contribution is -0.131. The highest BCUT2D eigenvalue weighted by atomic mass is 35.5. The van der Waals surface area contributed by atoms with Crippen LogP contribution in [0.15, 0.2) is 35.7 Å². The predicted molar refractivity (Wildman–Crippen MR) is 106 cm³/mol. The lowest BCUT2D eigenvalue weighted by Crippen LogP contribution is -2.15. The van der Waals surface area contributed by atoms with Crippen molar-refractivity contribution in [2.45, 2.75) is 20.0 Å². The van der Waals surface area contributed by atoms with E-state index in [0.29, 0.717) is 27.2 Å². The molecule has 2 N–H and O–H groups in total. The van der Waals surface area contributed by atoms with E-state index in [4.69, 9.17) is 33.0 Å². The van der Waals surface area contributed by atoms with Gasteiger partial charge in [0.15, 0.2) is 0 Å². The normalized spacial score (nSPS) is 11.0. The predicted octanol–water partition coefficient (Wildman–Crippen LogP) is 4.87. The van der Waals surface area contributed by atoms with Crippen LogP contribution >= 0.6 is 34.5 Å². The Hall–Kier alpha value is -2.35. The molecule has 0 saturated heterocycles. The zero-order chi connectivity index (χ0) is 20.1. The number of benzene rings is 1. The number of ether oxygens (including phenoxy) is 1. The molecular formula is C18H15Cl2NO5S. The first kappa shape index (κ1) is 21.0. The van der Waals surface area contributed by atoms with E-state index in [1.807, 2.05) is 0 Å². The van der Waals surface area contributed by atoms with Crippen molar-refractivity contribution in [1.82, 2.24) is 0 Å². The van der Waals surface area contributed by atoms with Crippen molar-refractivity contribution in [2.75, 3.05) is 5.32 Å². The number of halogens is 2. The Kier molecular flexibility index (Phi) is 7.01. The van der Waals surface area contributed by atoms with Gasteiger partial charge in [-0.3, -0.25) is 4.79 Å². The third-order valence-electron chi connectivity index (χ3n) is 3.17. The Morgan fingerprint density at radius 3 is 2.48 bits per heavy atom. The average Bonchev–Trinajstić information content (AvgIpc) is 2.95. The molecule has 1 aromatic carbocycles. The van der Waals surface area contributed by atoms with E-state index in [9.17, 15) is 14.4 Å². The zero-order valence-corrected chi connectivity index (χ0v) is 16.6. The third kappa shape index (κ3) is 5.56. The van der Waals surface area contributed by atoms with E-state index < -0.39 is 17.8 Å². The summed E-state index contributed by atoms with van der Waals surface area (Å²) in [7, 11) is 0. The molecule has 0 aliphatic carbocycles. The van der Waals surface area contributed by atoms with Crippen LogP contribution < -0.4 is 5.32 Å². The van der Waals surface area contributed by atoms with Gasteiger partial charge in [0, 0.05) is 38.7 Å². The van der Waals surface area contributed by atoms with Crippen molar-refractivity contribution in [3.05, 3.63) is 51.3 Å². The number of carboxylic acid groups (broad SMARTS) is 1. The number of anilines is 1. The van der Waals surface area contributed by atoms with Gasteiger partial charge in [0.1, 0.15) is 10.6 Å². The molecule has 0 unspecified atom stereocenters. The van der Waals surface area contributed by atoms with Crippen molar-refractivity contribution in [3.8, 4) is 11.1 Å². The molecule has 0 saturated carbocycles. The first-order valence-electron chi connectivity index (χ1n) is 7.69. The third-order valence-corrected chi connectivity index (χ3v) is 4.62. The highest BCUT2D eigenvalue weighted by molar-refractivity contribution is 7.15. The minimum atomic E-state index is -1.26.